The van der Waals surface area contributed by atoms with Gasteiger partial charge >= 0.3 is 5.97 Å². The lowest BCUT2D eigenvalue weighted by Gasteiger charge is -2.40. The molecule has 110 valence electrons. The first kappa shape index (κ1) is 13.9. The fourth-order valence-electron chi connectivity index (χ4n) is 4.06. The molecule has 4 heteroatoms. The second-order valence-electron chi connectivity index (χ2n) is 6.34. The monoisotopic (exact) mass is 284 g/mol. The molecule has 0 aromatic heterocycles. The third-order valence-electron chi connectivity index (χ3n) is 4.92. The van der Waals surface area contributed by atoms with Gasteiger partial charge in [-0.25, -0.2) is 0 Å². The highest BCUT2D eigenvalue weighted by atomic mass is 16.4. The highest BCUT2D eigenvalue weighted by molar-refractivity contribution is 5.67. The second-order valence-corrected chi connectivity index (χ2v) is 6.34. The van der Waals surface area contributed by atoms with Crippen molar-refractivity contribution in [3.63, 3.8) is 0 Å². The summed E-state index contributed by atoms with van der Waals surface area (Å²) in [6, 6.07) is 9.16. The van der Waals surface area contributed by atoms with E-state index in [1.54, 1.807) is 0 Å². The van der Waals surface area contributed by atoms with Gasteiger partial charge < -0.3 is 10.0 Å². The summed E-state index contributed by atoms with van der Waals surface area (Å²) in [6.45, 7) is 1.97. The van der Waals surface area contributed by atoms with Crippen LogP contribution in [0.3, 0.4) is 0 Å². The molecule has 0 amide bonds. The zero-order valence-electron chi connectivity index (χ0n) is 12.2. The van der Waals surface area contributed by atoms with Crippen LogP contribution < -0.4 is 4.90 Å². The Morgan fingerprint density at radius 1 is 1.38 bits per heavy atom. The predicted molar refractivity (Wildman–Crippen MR) is 80.2 cm³/mol. The Kier molecular flexibility index (Phi) is 3.59. The summed E-state index contributed by atoms with van der Waals surface area (Å²) < 4.78 is 0. The number of rotatable bonds is 3. The van der Waals surface area contributed by atoms with Gasteiger partial charge in [0.1, 0.15) is 0 Å². The first-order valence-electron chi connectivity index (χ1n) is 7.59. The highest BCUT2D eigenvalue weighted by Crippen LogP contribution is 2.42. The number of carboxylic acid groups (broad SMARTS) is 1. The number of aryl methyl sites for hydroxylation is 1. The van der Waals surface area contributed by atoms with E-state index in [1.807, 2.05) is 19.1 Å². The van der Waals surface area contributed by atoms with Crippen LogP contribution in [-0.2, 0) is 4.79 Å². The van der Waals surface area contributed by atoms with Gasteiger partial charge in [-0.3, -0.25) is 4.79 Å². The van der Waals surface area contributed by atoms with Crippen LogP contribution in [0.25, 0.3) is 0 Å². The van der Waals surface area contributed by atoms with Crippen LogP contribution in [0, 0.1) is 24.2 Å². The maximum Gasteiger partial charge on any atom is 0.303 e. The average Bonchev–Trinajstić information content (AvgIpc) is 2.69. The Hall–Kier alpha value is -2.02. The van der Waals surface area contributed by atoms with Crippen molar-refractivity contribution in [2.75, 3.05) is 4.90 Å². The number of anilines is 1. The van der Waals surface area contributed by atoms with Gasteiger partial charge in [0.2, 0.25) is 0 Å². The van der Waals surface area contributed by atoms with Crippen molar-refractivity contribution in [3.8, 4) is 6.07 Å². The molecule has 0 radical (unpaired) electrons. The molecule has 2 heterocycles. The number of hydrogen-bond donors (Lipinski definition) is 1. The van der Waals surface area contributed by atoms with Crippen molar-refractivity contribution in [1.29, 1.82) is 5.26 Å². The van der Waals surface area contributed by atoms with E-state index in [0.29, 0.717) is 24.4 Å². The van der Waals surface area contributed by atoms with Gasteiger partial charge in [0.05, 0.1) is 11.6 Å². The van der Waals surface area contributed by atoms with Crippen LogP contribution in [0.1, 0.15) is 43.2 Å². The first-order chi connectivity index (χ1) is 10.1. The third kappa shape index (κ3) is 2.61. The molecule has 2 aliphatic rings. The van der Waals surface area contributed by atoms with Gasteiger partial charge in [-0.1, -0.05) is 0 Å². The molecule has 1 aromatic rings. The second kappa shape index (κ2) is 5.40. The molecule has 1 aromatic carbocycles. The number of carbonyl (C=O) groups is 1. The number of carboxylic acids is 1. The van der Waals surface area contributed by atoms with E-state index in [0.717, 1.165) is 36.8 Å². The smallest absolute Gasteiger partial charge is 0.303 e. The van der Waals surface area contributed by atoms with Crippen molar-refractivity contribution >= 4 is 11.7 Å². The quantitative estimate of drug-likeness (QED) is 0.926. The van der Waals surface area contributed by atoms with Gasteiger partial charge in [-0.15, -0.1) is 0 Å². The topological polar surface area (TPSA) is 64.3 Å². The summed E-state index contributed by atoms with van der Waals surface area (Å²) >= 11 is 0. The number of aliphatic carboxylic acids is 1. The molecule has 3 rings (SSSR count). The molecule has 1 N–H and O–H groups in total. The molecular weight excluding hydrogens is 264 g/mol. The van der Waals surface area contributed by atoms with Crippen LogP contribution >= 0.6 is 0 Å². The van der Waals surface area contributed by atoms with Gasteiger partial charge in [-0.05, 0) is 62.3 Å². The minimum Gasteiger partial charge on any atom is -0.481 e. The molecule has 2 atom stereocenters. The van der Waals surface area contributed by atoms with Crippen molar-refractivity contribution < 1.29 is 9.90 Å². The summed E-state index contributed by atoms with van der Waals surface area (Å²) in [7, 11) is 0. The van der Waals surface area contributed by atoms with Crippen LogP contribution in [0.2, 0.25) is 0 Å². The van der Waals surface area contributed by atoms with Gasteiger partial charge in [0.15, 0.2) is 0 Å². The molecule has 0 saturated carbocycles. The fourth-order valence-corrected chi connectivity index (χ4v) is 4.06. The molecule has 2 unspecified atom stereocenters. The zero-order chi connectivity index (χ0) is 15.0. The van der Waals surface area contributed by atoms with Crippen molar-refractivity contribution in [3.05, 3.63) is 29.3 Å². The van der Waals surface area contributed by atoms with Crippen LogP contribution in [0.4, 0.5) is 5.69 Å². The van der Waals surface area contributed by atoms with E-state index in [9.17, 15) is 4.79 Å². The number of fused-ring (bicyclic) bond motifs is 2. The Balaban J connectivity index is 1.81. The summed E-state index contributed by atoms with van der Waals surface area (Å²) in [6.07, 6.45) is 4.55. The van der Waals surface area contributed by atoms with E-state index < -0.39 is 5.97 Å². The lowest BCUT2D eigenvalue weighted by atomic mass is 9.87. The van der Waals surface area contributed by atoms with Gasteiger partial charge in [-0.2, -0.15) is 5.26 Å². The molecule has 2 bridgehead atoms. The lowest BCUT2D eigenvalue weighted by Crippen LogP contribution is -2.43. The number of nitriles is 1. The third-order valence-corrected chi connectivity index (χ3v) is 4.92. The number of benzene rings is 1. The molecule has 21 heavy (non-hydrogen) atoms. The summed E-state index contributed by atoms with van der Waals surface area (Å²) in [5.74, 6) is -0.363. The predicted octanol–water partition coefficient (Wildman–Crippen LogP) is 3.09. The fraction of sp³-hybridized carbons (Fsp3) is 0.529. The first-order valence-corrected chi connectivity index (χ1v) is 7.59. The minimum absolute atomic E-state index is 0.299. The Morgan fingerprint density at radius 3 is 2.57 bits per heavy atom. The van der Waals surface area contributed by atoms with Crippen molar-refractivity contribution in [2.45, 2.75) is 51.1 Å². The van der Waals surface area contributed by atoms with Gasteiger partial charge in [0.25, 0.3) is 0 Å². The zero-order valence-corrected chi connectivity index (χ0v) is 12.2. The largest absolute Gasteiger partial charge is 0.481 e. The molecule has 4 nitrogen and oxygen atoms in total. The van der Waals surface area contributed by atoms with E-state index >= 15 is 0 Å². The number of nitrogens with zero attached hydrogens (tertiary/aromatic N) is 2. The summed E-state index contributed by atoms with van der Waals surface area (Å²) in [5, 5.41) is 18.0. The van der Waals surface area contributed by atoms with E-state index in [2.05, 4.69) is 17.0 Å². The summed E-state index contributed by atoms with van der Waals surface area (Å²) in [4.78, 5) is 13.4. The SMILES string of the molecule is Cc1cc(N2C3CCC2CC(CC(=O)O)C3)ccc1C#N. The maximum atomic E-state index is 10.9. The van der Waals surface area contributed by atoms with Crippen LogP contribution in [0.5, 0.6) is 0 Å². The van der Waals surface area contributed by atoms with Gasteiger partial charge in [0, 0.05) is 24.2 Å². The standard InChI is InChI=1S/C17H20N2O2/c1-11-6-14(3-2-13(11)10-18)19-15-4-5-16(19)8-12(7-15)9-17(20)21/h2-3,6,12,15-16H,4-5,7-9H2,1H3,(H,20,21). The molecule has 2 saturated heterocycles. The maximum absolute atomic E-state index is 10.9. The average molecular weight is 284 g/mol. The van der Waals surface area contributed by atoms with E-state index in [1.165, 1.54) is 5.69 Å². The molecule has 0 spiro atoms. The number of piperidine rings is 1. The summed E-state index contributed by atoms with van der Waals surface area (Å²) in [5.41, 5.74) is 2.93. The van der Waals surface area contributed by atoms with E-state index in [4.69, 9.17) is 10.4 Å². The Bertz CT molecular complexity index is 591. The molecule has 2 fully saturated rings. The van der Waals surface area contributed by atoms with Crippen molar-refractivity contribution in [1.82, 2.24) is 0 Å². The Morgan fingerprint density at radius 2 is 2.05 bits per heavy atom. The normalized spacial score (nSPS) is 27.4. The molecule has 0 aliphatic carbocycles. The Labute approximate surface area is 125 Å². The van der Waals surface area contributed by atoms with Crippen molar-refractivity contribution in [2.24, 2.45) is 5.92 Å². The van der Waals surface area contributed by atoms with Crippen LogP contribution in [-0.4, -0.2) is 23.2 Å². The molecule has 2 aliphatic heterocycles. The lowest BCUT2D eigenvalue weighted by molar-refractivity contribution is -0.138. The minimum atomic E-state index is -0.679. The van der Waals surface area contributed by atoms with E-state index in [-0.39, 0.29) is 0 Å². The highest BCUT2D eigenvalue weighted by Gasteiger charge is 2.41. The number of hydrogen-bond acceptors (Lipinski definition) is 3. The van der Waals surface area contributed by atoms with Crippen LogP contribution in [0.15, 0.2) is 18.2 Å². The molecular formula is C17H20N2O2.